The lowest BCUT2D eigenvalue weighted by Gasteiger charge is -2.34. The number of hydrogen-bond acceptors (Lipinski definition) is 5. The van der Waals surface area contributed by atoms with Crippen molar-refractivity contribution in [2.24, 2.45) is 23.7 Å². The first kappa shape index (κ1) is 34.8. The highest BCUT2D eigenvalue weighted by molar-refractivity contribution is 5.98. The van der Waals surface area contributed by atoms with E-state index in [0.29, 0.717) is 12.8 Å². The van der Waals surface area contributed by atoms with Crippen LogP contribution in [0.5, 0.6) is 0 Å². The lowest BCUT2D eigenvalue weighted by atomic mass is 9.97. The molecule has 0 unspecified atom stereocenters. The Morgan fingerprint density at radius 1 is 0.619 bits per heavy atom. The molecule has 1 fully saturated rings. The topological polar surface area (TPSA) is 137 Å². The predicted molar refractivity (Wildman–Crippen MR) is 163 cm³/mol. The largest absolute Gasteiger partial charge is 0.343 e. The maximum Gasteiger partial charge on any atom is 0.245 e. The molecule has 5 atom stereocenters. The molecule has 1 heterocycles. The second kappa shape index (κ2) is 15.7. The van der Waals surface area contributed by atoms with Crippen molar-refractivity contribution in [1.82, 2.24) is 26.2 Å². The average Bonchev–Trinajstić information content (AvgIpc) is 2.90. The molecule has 1 aliphatic rings. The van der Waals surface area contributed by atoms with Crippen molar-refractivity contribution in [3.63, 3.8) is 0 Å². The van der Waals surface area contributed by atoms with Gasteiger partial charge in [0.1, 0.15) is 30.2 Å². The average molecular weight is 586 g/mol. The minimum Gasteiger partial charge on any atom is -0.343 e. The van der Waals surface area contributed by atoms with Crippen LogP contribution in [-0.2, 0) is 30.4 Å². The van der Waals surface area contributed by atoms with Crippen molar-refractivity contribution in [2.45, 2.75) is 105 Å². The predicted octanol–water partition coefficient (Wildman–Crippen LogP) is 2.41. The van der Waals surface area contributed by atoms with Gasteiger partial charge in [0.15, 0.2) is 0 Å². The number of hydrogen-bond donors (Lipinski definition) is 4. The van der Waals surface area contributed by atoms with Crippen molar-refractivity contribution in [2.75, 3.05) is 7.05 Å². The van der Waals surface area contributed by atoms with Gasteiger partial charge in [0.2, 0.25) is 29.5 Å². The summed E-state index contributed by atoms with van der Waals surface area (Å²) in [7, 11) is 1.56. The highest BCUT2D eigenvalue weighted by Crippen LogP contribution is 2.17. The fourth-order valence-corrected chi connectivity index (χ4v) is 5.11. The van der Waals surface area contributed by atoms with E-state index in [9.17, 15) is 24.0 Å². The molecule has 42 heavy (non-hydrogen) atoms. The zero-order valence-corrected chi connectivity index (χ0v) is 26.7. The molecule has 0 saturated carbocycles. The number of nitrogens with one attached hydrogen (secondary N) is 4. The summed E-state index contributed by atoms with van der Waals surface area (Å²) in [6.07, 6.45) is 0.899. The van der Waals surface area contributed by atoms with E-state index in [1.165, 1.54) is 4.90 Å². The molecule has 2 rings (SSSR count). The van der Waals surface area contributed by atoms with E-state index >= 15 is 0 Å². The number of likely N-dealkylation sites (N-methyl/N-ethyl adjacent to an activating group) is 1. The van der Waals surface area contributed by atoms with Crippen LogP contribution in [0, 0.1) is 23.7 Å². The van der Waals surface area contributed by atoms with E-state index in [2.05, 4.69) is 21.3 Å². The summed E-state index contributed by atoms with van der Waals surface area (Å²) in [5.41, 5.74) is 0.831. The van der Waals surface area contributed by atoms with E-state index in [1.54, 1.807) is 7.05 Å². The summed E-state index contributed by atoms with van der Waals surface area (Å²) in [4.78, 5) is 69.9. The summed E-state index contributed by atoms with van der Waals surface area (Å²) in [5.74, 6) is -2.82. The Morgan fingerprint density at radius 3 is 1.64 bits per heavy atom. The smallest absolute Gasteiger partial charge is 0.245 e. The SMILES string of the molecule is CC(C)C[C@@H]1C(=O)N[C@H](Cc2ccccc2)C(=O)N[C@H](C(C)C)C(=O)N[C@H](CC(C)C)C(=O)N[C@H](C(C)C)C(=O)N1C. The molecule has 10 heteroatoms. The molecule has 0 spiro atoms. The van der Waals surface area contributed by atoms with Crippen molar-refractivity contribution in [3.05, 3.63) is 35.9 Å². The van der Waals surface area contributed by atoms with Gasteiger partial charge in [-0.1, -0.05) is 85.7 Å². The molecule has 4 N–H and O–H groups in total. The Bertz CT molecular complexity index is 1090. The highest BCUT2D eigenvalue weighted by atomic mass is 16.2. The second-order valence-corrected chi connectivity index (χ2v) is 13.0. The number of carbonyl (C=O) groups excluding carboxylic acids is 5. The zero-order valence-electron chi connectivity index (χ0n) is 26.7. The molecule has 0 aromatic heterocycles. The molecular weight excluding hydrogens is 534 g/mol. The third-order valence-electron chi connectivity index (χ3n) is 7.55. The molecule has 1 aromatic rings. The van der Waals surface area contributed by atoms with Crippen molar-refractivity contribution >= 4 is 29.5 Å². The van der Waals surface area contributed by atoms with Gasteiger partial charge < -0.3 is 26.2 Å². The molecule has 0 aliphatic carbocycles. The van der Waals surface area contributed by atoms with Crippen LogP contribution in [0.1, 0.15) is 73.8 Å². The van der Waals surface area contributed by atoms with Crippen LogP contribution < -0.4 is 21.3 Å². The maximum atomic E-state index is 13.8. The fourth-order valence-electron chi connectivity index (χ4n) is 5.11. The minimum atomic E-state index is -0.996. The normalized spacial score (nSPS) is 25.2. The van der Waals surface area contributed by atoms with E-state index < -0.39 is 59.7 Å². The van der Waals surface area contributed by atoms with E-state index in [4.69, 9.17) is 0 Å². The summed E-state index contributed by atoms with van der Waals surface area (Å²) in [5, 5.41) is 11.4. The number of amides is 5. The van der Waals surface area contributed by atoms with Crippen LogP contribution in [0.25, 0.3) is 0 Å². The van der Waals surface area contributed by atoms with Crippen LogP contribution in [-0.4, -0.2) is 71.7 Å². The quantitative estimate of drug-likeness (QED) is 0.372. The standard InChI is InChI=1S/C32H51N5O5/c1-18(2)15-23-28(38)36-27(21(7)8)32(42)37(9)25(16-19(3)4)30(40)33-24(17-22-13-11-10-12-14-22)29(39)35-26(20(5)6)31(41)34-23/h10-14,18-21,23-27H,15-17H2,1-9H3,(H,33,40)(H,34,41)(H,35,39)(H,36,38)/t23-,24-,25-,26-,27-/m1/s1. The van der Waals surface area contributed by atoms with Gasteiger partial charge in [0, 0.05) is 13.5 Å². The molecule has 0 bridgehead atoms. The lowest BCUT2D eigenvalue weighted by Crippen LogP contribution is -2.59. The molecule has 1 saturated heterocycles. The van der Waals surface area contributed by atoms with Gasteiger partial charge in [-0.15, -0.1) is 0 Å². The number of benzene rings is 1. The highest BCUT2D eigenvalue weighted by Gasteiger charge is 2.38. The van der Waals surface area contributed by atoms with Gasteiger partial charge in [0.05, 0.1) is 0 Å². The first-order valence-electron chi connectivity index (χ1n) is 15.1. The molecule has 1 aromatic carbocycles. The minimum absolute atomic E-state index is 0.0640. The van der Waals surface area contributed by atoms with Crippen molar-refractivity contribution in [3.8, 4) is 0 Å². The number of rotatable bonds is 8. The monoisotopic (exact) mass is 585 g/mol. The zero-order chi connectivity index (χ0) is 31.7. The summed E-state index contributed by atoms with van der Waals surface area (Å²) >= 11 is 0. The van der Waals surface area contributed by atoms with Gasteiger partial charge in [-0.05, 0) is 42.1 Å². The van der Waals surface area contributed by atoms with Gasteiger partial charge in [0.25, 0.3) is 0 Å². The van der Waals surface area contributed by atoms with E-state index in [-0.39, 0.29) is 30.1 Å². The Hall–Kier alpha value is -3.43. The Labute approximate surface area is 251 Å². The Balaban J connectivity index is 2.64. The second-order valence-electron chi connectivity index (χ2n) is 13.0. The summed E-state index contributed by atoms with van der Waals surface area (Å²) in [6, 6.07) is 4.66. The molecule has 5 amide bonds. The van der Waals surface area contributed by atoms with E-state index in [0.717, 1.165) is 5.56 Å². The lowest BCUT2D eigenvalue weighted by molar-refractivity contribution is -0.144. The van der Waals surface area contributed by atoms with Crippen LogP contribution in [0.4, 0.5) is 0 Å². The number of nitrogens with zero attached hydrogens (tertiary/aromatic N) is 1. The van der Waals surface area contributed by atoms with Crippen molar-refractivity contribution in [1.29, 1.82) is 0 Å². The summed E-state index contributed by atoms with van der Waals surface area (Å²) in [6.45, 7) is 15.1. The van der Waals surface area contributed by atoms with Gasteiger partial charge in [-0.2, -0.15) is 0 Å². The van der Waals surface area contributed by atoms with Crippen LogP contribution >= 0.6 is 0 Å². The third kappa shape index (κ3) is 9.84. The molecule has 0 radical (unpaired) electrons. The molecule has 234 valence electrons. The van der Waals surface area contributed by atoms with E-state index in [1.807, 2.05) is 85.7 Å². The van der Waals surface area contributed by atoms with Crippen LogP contribution in [0.15, 0.2) is 30.3 Å². The number of carbonyl (C=O) groups is 5. The summed E-state index contributed by atoms with van der Waals surface area (Å²) < 4.78 is 0. The van der Waals surface area contributed by atoms with Crippen LogP contribution in [0.2, 0.25) is 0 Å². The van der Waals surface area contributed by atoms with Gasteiger partial charge in [-0.3, -0.25) is 24.0 Å². The Kier molecular flexibility index (Phi) is 13.0. The molecular formula is C32H51N5O5. The van der Waals surface area contributed by atoms with Crippen molar-refractivity contribution < 1.29 is 24.0 Å². The third-order valence-corrected chi connectivity index (χ3v) is 7.55. The molecule has 1 aliphatic heterocycles. The van der Waals surface area contributed by atoms with Crippen LogP contribution in [0.3, 0.4) is 0 Å². The van der Waals surface area contributed by atoms with Gasteiger partial charge in [-0.25, -0.2) is 0 Å². The fraction of sp³-hybridized carbons (Fsp3) is 0.656. The first-order chi connectivity index (χ1) is 19.6. The maximum absolute atomic E-state index is 13.8. The molecule has 10 nitrogen and oxygen atoms in total. The van der Waals surface area contributed by atoms with Gasteiger partial charge >= 0.3 is 0 Å². The first-order valence-corrected chi connectivity index (χ1v) is 15.1. The Morgan fingerprint density at radius 2 is 1.12 bits per heavy atom.